The van der Waals surface area contributed by atoms with Crippen LogP contribution in [0.4, 0.5) is 4.39 Å². The van der Waals surface area contributed by atoms with Crippen LogP contribution in [0.1, 0.15) is 41.9 Å². The van der Waals surface area contributed by atoms with Gasteiger partial charge >= 0.3 is 0 Å². The molecule has 1 unspecified atom stereocenters. The molecule has 5 nitrogen and oxygen atoms in total. The molecule has 1 aromatic carbocycles. The van der Waals surface area contributed by atoms with Crippen LogP contribution in [0.2, 0.25) is 0 Å². The van der Waals surface area contributed by atoms with Crippen molar-refractivity contribution < 1.29 is 9.18 Å². The van der Waals surface area contributed by atoms with Crippen LogP contribution in [-0.4, -0.2) is 41.2 Å². The van der Waals surface area contributed by atoms with E-state index in [1.807, 2.05) is 20.3 Å². The Morgan fingerprint density at radius 3 is 2.62 bits per heavy atom. The molecular weight excluding hydrogens is 307 g/mol. The van der Waals surface area contributed by atoms with Crippen molar-refractivity contribution in [2.45, 2.75) is 32.4 Å². The fourth-order valence-electron chi connectivity index (χ4n) is 2.47. The number of hydrogen-bond donors (Lipinski definition) is 1. The quantitative estimate of drug-likeness (QED) is 0.809. The van der Waals surface area contributed by atoms with E-state index in [0.29, 0.717) is 5.69 Å². The molecule has 1 amide bonds. The van der Waals surface area contributed by atoms with E-state index in [1.165, 1.54) is 12.1 Å². The van der Waals surface area contributed by atoms with Gasteiger partial charge < -0.3 is 10.2 Å². The monoisotopic (exact) mass is 332 g/mol. The number of rotatable bonds is 8. The van der Waals surface area contributed by atoms with E-state index in [0.717, 1.165) is 31.5 Å². The number of halogens is 1. The second kappa shape index (κ2) is 8.59. The van der Waals surface area contributed by atoms with Crippen LogP contribution in [-0.2, 0) is 6.54 Å². The van der Waals surface area contributed by atoms with Gasteiger partial charge in [0.2, 0.25) is 0 Å². The van der Waals surface area contributed by atoms with Crippen LogP contribution in [0.3, 0.4) is 0 Å². The summed E-state index contributed by atoms with van der Waals surface area (Å²) in [5, 5.41) is 7.31. The number of carbonyl (C=O) groups excluding carboxylic acids is 1. The molecule has 0 saturated heterocycles. The maximum Gasteiger partial charge on any atom is 0.272 e. The second-order valence-corrected chi connectivity index (χ2v) is 6.13. The zero-order valence-corrected chi connectivity index (χ0v) is 14.5. The first-order chi connectivity index (χ1) is 11.5. The average Bonchev–Trinajstić information content (AvgIpc) is 3.01. The number of benzene rings is 1. The Morgan fingerprint density at radius 2 is 2.00 bits per heavy atom. The van der Waals surface area contributed by atoms with E-state index in [9.17, 15) is 9.18 Å². The van der Waals surface area contributed by atoms with Gasteiger partial charge in [0.1, 0.15) is 11.5 Å². The Bertz CT molecular complexity index is 651. The molecule has 0 aliphatic heterocycles. The third-order valence-electron chi connectivity index (χ3n) is 3.77. The van der Waals surface area contributed by atoms with Gasteiger partial charge in [-0.3, -0.25) is 9.48 Å². The van der Waals surface area contributed by atoms with Crippen molar-refractivity contribution in [3.05, 3.63) is 53.6 Å². The molecule has 0 aliphatic rings. The summed E-state index contributed by atoms with van der Waals surface area (Å²) in [4.78, 5) is 14.5. The molecule has 1 heterocycles. The number of nitrogens with one attached hydrogen (secondary N) is 1. The predicted octanol–water partition coefficient (Wildman–Crippen LogP) is 2.86. The van der Waals surface area contributed by atoms with Gasteiger partial charge in [-0.25, -0.2) is 4.39 Å². The van der Waals surface area contributed by atoms with Crippen LogP contribution in [0.25, 0.3) is 0 Å². The number of aromatic nitrogens is 2. The summed E-state index contributed by atoms with van der Waals surface area (Å²) >= 11 is 0. The average molecular weight is 332 g/mol. The first-order valence-electron chi connectivity index (χ1n) is 8.24. The predicted molar refractivity (Wildman–Crippen MR) is 92.3 cm³/mol. The molecule has 2 rings (SSSR count). The number of amides is 1. The van der Waals surface area contributed by atoms with E-state index in [2.05, 4.69) is 22.2 Å². The van der Waals surface area contributed by atoms with Gasteiger partial charge in [0.05, 0.1) is 6.04 Å². The Morgan fingerprint density at radius 1 is 1.29 bits per heavy atom. The second-order valence-electron chi connectivity index (χ2n) is 6.13. The van der Waals surface area contributed by atoms with Gasteiger partial charge in [0.25, 0.3) is 5.91 Å². The van der Waals surface area contributed by atoms with Gasteiger partial charge in [-0.2, -0.15) is 5.10 Å². The maximum absolute atomic E-state index is 13.2. The van der Waals surface area contributed by atoms with Gasteiger partial charge in [-0.15, -0.1) is 0 Å². The molecule has 0 bridgehead atoms. The standard InChI is InChI=1S/C18H25FN4O/c1-4-11-23-13-10-17(21-23)18(24)20-16(9-12-22(2)3)14-5-7-15(19)8-6-14/h5-8,10,13,16H,4,9,11-12H2,1-3H3,(H,20,24). The summed E-state index contributed by atoms with van der Waals surface area (Å²) in [6.07, 6.45) is 3.51. The molecule has 6 heteroatoms. The Labute approximate surface area is 142 Å². The highest BCUT2D eigenvalue weighted by molar-refractivity contribution is 5.92. The van der Waals surface area contributed by atoms with E-state index in [-0.39, 0.29) is 17.8 Å². The largest absolute Gasteiger partial charge is 0.344 e. The van der Waals surface area contributed by atoms with Crippen molar-refractivity contribution in [2.24, 2.45) is 0 Å². The summed E-state index contributed by atoms with van der Waals surface area (Å²) in [7, 11) is 3.96. The van der Waals surface area contributed by atoms with Gasteiger partial charge in [-0.05, 0) is 57.2 Å². The highest BCUT2D eigenvalue weighted by atomic mass is 19.1. The van der Waals surface area contributed by atoms with E-state index < -0.39 is 0 Å². The lowest BCUT2D eigenvalue weighted by molar-refractivity contribution is 0.0926. The van der Waals surface area contributed by atoms with Crippen LogP contribution in [0, 0.1) is 5.82 Å². The van der Waals surface area contributed by atoms with E-state index in [1.54, 1.807) is 22.9 Å². The molecule has 130 valence electrons. The molecule has 24 heavy (non-hydrogen) atoms. The first kappa shape index (κ1) is 18.1. The SMILES string of the molecule is CCCn1ccc(C(=O)NC(CCN(C)C)c2ccc(F)cc2)n1. The van der Waals surface area contributed by atoms with Gasteiger partial charge in [-0.1, -0.05) is 19.1 Å². The molecule has 1 aromatic heterocycles. The molecule has 2 aromatic rings. The minimum atomic E-state index is -0.283. The summed E-state index contributed by atoms with van der Waals surface area (Å²) < 4.78 is 14.9. The normalized spacial score (nSPS) is 12.4. The zero-order valence-electron chi connectivity index (χ0n) is 14.5. The smallest absolute Gasteiger partial charge is 0.272 e. The van der Waals surface area contributed by atoms with Crippen LogP contribution in [0.5, 0.6) is 0 Å². The molecule has 0 spiro atoms. The van der Waals surface area contributed by atoms with Gasteiger partial charge in [0.15, 0.2) is 0 Å². The molecule has 0 saturated carbocycles. The third-order valence-corrected chi connectivity index (χ3v) is 3.77. The summed E-state index contributed by atoms with van der Waals surface area (Å²) in [6.45, 7) is 3.66. The fraction of sp³-hybridized carbons (Fsp3) is 0.444. The maximum atomic E-state index is 13.2. The van der Waals surface area contributed by atoms with Crippen LogP contribution >= 0.6 is 0 Å². The number of nitrogens with zero attached hydrogens (tertiary/aromatic N) is 3. The lowest BCUT2D eigenvalue weighted by atomic mass is 10.0. The molecule has 0 fully saturated rings. The number of carbonyl (C=O) groups is 1. The third kappa shape index (κ3) is 5.16. The highest BCUT2D eigenvalue weighted by Gasteiger charge is 2.18. The van der Waals surface area contributed by atoms with E-state index >= 15 is 0 Å². The Balaban J connectivity index is 2.10. The molecular formula is C18H25FN4O. The summed E-state index contributed by atoms with van der Waals surface area (Å²) in [5.74, 6) is -0.493. The zero-order chi connectivity index (χ0) is 17.5. The molecule has 1 N–H and O–H groups in total. The van der Waals surface area contributed by atoms with Crippen molar-refractivity contribution in [1.82, 2.24) is 20.0 Å². The summed E-state index contributed by atoms with van der Waals surface area (Å²) in [6, 6.07) is 7.80. The lowest BCUT2D eigenvalue weighted by Gasteiger charge is -2.21. The fourth-order valence-corrected chi connectivity index (χ4v) is 2.47. The van der Waals surface area contributed by atoms with Crippen molar-refractivity contribution in [3.8, 4) is 0 Å². The van der Waals surface area contributed by atoms with Crippen molar-refractivity contribution >= 4 is 5.91 Å². The molecule has 0 radical (unpaired) electrons. The summed E-state index contributed by atoms with van der Waals surface area (Å²) in [5.41, 5.74) is 1.29. The van der Waals surface area contributed by atoms with E-state index in [4.69, 9.17) is 0 Å². The van der Waals surface area contributed by atoms with Crippen molar-refractivity contribution in [3.63, 3.8) is 0 Å². The Hall–Kier alpha value is -2.21. The van der Waals surface area contributed by atoms with Crippen molar-refractivity contribution in [2.75, 3.05) is 20.6 Å². The highest BCUT2D eigenvalue weighted by Crippen LogP contribution is 2.18. The first-order valence-corrected chi connectivity index (χ1v) is 8.24. The molecule has 1 atom stereocenters. The number of aryl methyl sites for hydroxylation is 1. The minimum absolute atomic E-state index is 0.183. The Kier molecular flexibility index (Phi) is 6.49. The van der Waals surface area contributed by atoms with Crippen molar-refractivity contribution in [1.29, 1.82) is 0 Å². The van der Waals surface area contributed by atoms with Crippen LogP contribution < -0.4 is 5.32 Å². The lowest BCUT2D eigenvalue weighted by Crippen LogP contribution is -2.31. The number of hydrogen-bond acceptors (Lipinski definition) is 3. The van der Waals surface area contributed by atoms with Gasteiger partial charge in [0, 0.05) is 12.7 Å². The minimum Gasteiger partial charge on any atom is -0.344 e. The molecule has 0 aliphatic carbocycles. The van der Waals surface area contributed by atoms with Crippen LogP contribution in [0.15, 0.2) is 36.5 Å². The topological polar surface area (TPSA) is 50.2 Å².